The molecular formula is C28H38F5N3. The number of benzene rings is 2. The number of hydrogen-bond donors (Lipinski definition) is 3. The third-order valence-electron chi connectivity index (χ3n) is 5.71. The average Bonchev–Trinajstić information content (AvgIpc) is 3.11. The van der Waals surface area contributed by atoms with Crippen molar-refractivity contribution in [2.24, 2.45) is 5.92 Å². The number of aromatic nitrogens is 1. The molecule has 36 heavy (non-hydrogen) atoms. The molecule has 4 rings (SSSR count). The Morgan fingerprint density at radius 1 is 1.00 bits per heavy atom. The van der Waals surface area contributed by atoms with Crippen LogP contribution >= 0.6 is 0 Å². The van der Waals surface area contributed by atoms with E-state index in [4.69, 9.17) is 0 Å². The first kappa shape index (κ1) is 29.6. The van der Waals surface area contributed by atoms with Gasteiger partial charge in [-0.25, -0.2) is 8.78 Å². The Balaban J connectivity index is 0.000000212. The summed E-state index contributed by atoms with van der Waals surface area (Å²) in [5, 5.41) is 7.50. The average molecular weight is 512 g/mol. The third kappa shape index (κ3) is 10.2. The molecule has 3 nitrogen and oxygen atoms in total. The molecule has 0 saturated carbocycles. The Kier molecular flexibility index (Phi) is 11.7. The van der Waals surface area contributed by atoms with Crippen molar-refractivity contribution in [3.05, 3.63) is 65.4 Å². The highest BCUT2D eigenvalue weighted by molar-refractivity contribution is 5.84. The van der Waals surface area contributed by atoms with Crippen LogP contribution in [-0.2, 0) is 12.8 Å². The second-order valence-electron chi connectivity index (χ2n) is 9.46. The molecule has 0 spiro atoms. The second-order valence-corrected chi connectivity index (χ2v) is 9.46. The molecule has 0 amide bonds. The van der Waals surface area contributed by atoms with Crippen molar-refractivity contribution >= 4 is 16.6 Å². The van der Waals surface area contributed by atoms with E-state index in [1.807, 2.05) is 0 Å². The quantitative estimate of drug-likeness (QED) is 0.281. The summed E-state index contributed by atoms with van der Waals surface area (Å²) in [5.74, 6) is -0.376. The van der Waals surface area contributed by atoms with Crippen LogP contribution in [0.2, 0.25) is 0 Å². The molecule has 1 fully saturated rings. The van der Waals surface area contributed by atoms with Crippen LogP contribution in [0, 0.1) is 17.6 Å². The summed E-state index contributed by atoms with van der Waals surface area (Å²) in [7, 11) is 0. The summed E-state index contributed by atoms with van der Waals surface area (Å²) in [6.45, 7) is 9.62. The summed E-state index contributed by atoms with van der Waals surface area (Å²) in [4.78, 5) is 3.60. The summed E-state index contributed by atoms with van der Waals surface area (Å²) >= 11 is 0. The summed E-state index contributed by atoms with van der Waals surface area (Å²) < 4.78 is 57.8. The molecule has 0 bridgehead atoms. The number of halogens is 5. The Hall–Kier alpha value is -2.61. The van der Waals surface area contributed by atoms with Crippen LogP contribution < -0.4 is 10.6 Å². The summed E-state index contributed by atoms with van der Waals surface area (Å²) in [6, 6.07) is 12.4. The Morgan fingerprint density at radius 2 is 1.61 bits per heavy atom. The fourth-order valence-corrected chi connectivity index (χ4v) is 3.73. The molecule has 3 aromatic rings. The number of para-hydroxylation sites is 1. The minimum Gasteiger partial charge on any atom is -0.380 e. The number of hydrogen-bond acceptors (Lipinski definition) is 2. The van der Waals surface area contributed by atoms with Gasteiger partial charge in [-0.1, -0.05) is 52.3 Å². The maximum Gasteiger partial charge on any atom is 0.388 e. The molecule has 200 valence electrons. The Labute approximate surface area is 210 Å². The zero-order valence-corrected chi connectivity index (χ0v) is 21.5. The molecule has 0 unspecified atom stereocenters. The first-order valence-corrected chi connectivity index (χ1v) is 12.6. The lowest BCUT2D eigenvalue weighted by Gasteiger charge is -2.28. The maximum absolute atomic E-state index is 12.7. The van der Waals surface area contributed by atoms with Gasteiger partial charge in [-0.2, -0.15) is 13.2 Å². The molecule has 0 aliphatic carbocycles. The largest absolute Gasteiger partial charge is 0.388 e. The first-order chi connectivity index (χ1) is 17.0. The predicted octanol–water partition coefficient (Wildman–Crippen LogP) is 8.02. The van der Waals surface area contributed by atoms with Crippen molar-refractivity contribution in [2.45, 2.75) is 72.0 Å². The van der Waals surface area contributed by atoms with Crippen molar-refractivity contribution < 1.29 is 22.0 Å². The van der Waals surface area contributed by atoms with E-state index in [0.29, 0.717) is 11.7 Å². The fraction of sp³-hybridized carbons (Fsp3) is 0.500. The number of nitrogens with one attached hydrogen (secondary N) is 3. The van der Waals surface area contributed by atoms with Crippen LogP contribution in [0.4, 0.5) is 27.6 Å². The zero-order valence-electron chi connectivity index (χ0n) is 21.5. The van der Waals surface area contributed by atoms with Crippen LogP contribution in [0.25, 0.3) is 10.9 Å². The van der Waals surface area contributed by atoms with Crippen LogP contribution in [0.5, 0.6) is 0 Å². The van der Waals surface area contributed by atoms with Gasteiger partial charge < -0.3 is 15.6 Å². The van der Waals surface area contributed by atoms with Crippen molar-refractivity contribution in [1.29, 1.82) is 0 Å². The number of rotatable bonds is 7. The maximum atomic E-state index is 12.7. The van der Waals surface area contributed by atoms with E-state index in [2.05, 4.69) is 60.7 Å². The number of alkyl halides is 3. The monoisotopic (exact) mass is 511 g/mol. The Morgan fingerprint density at radius 3 is 2.11 bits per heavy atom. The molecule has 1 aliphatic rings. The van der Waals surface area contributed by atoms with Gasteiger partial charge in [-0.3, -0.25) is 0 Å². The molecule has 0 atom stereocenters. The van der Waals surface area contributed by atoms with Gasteiger partial charge in [0.2, 0.25) is 0 Å². The van der Waals surface area contributed by atoms with E-state index in [9.17, 15) is 22.0 Å². The molecule has 1 aliphatic heterocycles. The van der Waals surface area contributed by atoms with Crippen LogP contribution in [-0.4, -0.2) is 30.3 Å². The highest BCUT2D eigenvalue weighted by Crippen LogP contribution is 2.26. The molecule has 8 heteroatoms. The Bertz CT molecular complexity index is 1030. The lowest BCUT2D eigenvalue weighted by Crippen LogP contribution is -2.51. The smallest absolute Gasteiger partial charge is 0.380 e. The lowest BCUT2D eigenvalue weighted by atomic mass is 9.98. The van der Waals surface area contributed by atoms with E-state index in [0.717, 1.165) is 32.0 Å². The van der Waals surface area contributed by atoms with E-state index in [1.54, 1.807) is 5.56 Å². The summed E-state index contributed by atoms with van der Waals surface area (Å²) in [5.41, 5.74) is 4.81. The van der Waals surface area contributed by atoms with Crippen LogP contribution in [0.3, 0.4) is 0 Å². The fourth-order valence-electron chi connectivity index (χ4n) is 3.73. The van der Waals surface area contributed by atoms with Gasteiger partial charge in [0, 0.05) is 47.9 Å². The van der Waals surface area contributed by atoms with Crippen molar-refractivity contribution in [2.75, 3.05) is 18.4 Å². The third-order valence-corrected chi connectivity index (χ3v) is 5.71. The van der Waals surface area contributed by atoms with Gasteiger partial charge in [0.05, 0.1) is 6.04 Å². The van der Waals surface area contributed by atoms with Crippen molar-refractivity contribution in [3.8, 4) is 0 Å². The number of unbranched alkanes of at least 4 members (excludes halogenated alkanes) is 1. The number of fused-ring (bicyclic) bond motifs is 1. The predicted molar refractivity (Wildman–Crippen MR) is 138 cm³/mol. The van der Waals surface area contributed by atoms with Crippen molar-refractivity contribution in [3.63, 3.8) is 0 Å². The normalized spacial score (nSPS) is 13.5. The van der Waals surface area contributed by atoms with Crippen LogP contribution in [0.15, 0.2) is 42.5 Å². The first-order valence-electron chi connectivity index (χ1n) is 12.6. The minimum atomic E-state index is -3.96. The molecule has 2 heterocycles. The van der Waals surface area contributed by atoms with Crippen LogP contribution in [0.1, 0.15) is 58.2 Å². The second kappa shape index (κ2) is 14.2. The zero-order chi connectivity index (χ0) is 26.7. The molecule has 3 N–H and O–H groups in total. The van der Waals surface area contributed by atoms with E-state index >= 15 is 0 Å². The molecule has 1 aromatic heterocycles. The molecule has 0 radical (unpaired) electrons. The number of anilines is 1. The number of H-pyrrole nitrogens is 1. The van der Waals surface area contributed by atoms with Gasteiger partial charge >= 0.3 is 6.18 Å². The van der Waals surface area contributed by atoms with E-state index in [-0.39, 0.29) is 0 Å². The minimum absolute atomic E-state index is 0.293. The SMILES string of the molecule is CCC(F)(F)F.CCCCc1[nH]c2ccccc2c1CC(C)C.Fc1cc(F)cc(NC2CNC2)c1. The molecule has 1 saturated heterocycles. The lowest BCUT2D eigenvalue weighted by molar-refractivity contribution is -0.130. The van der Waals surface area contributed by atoms with E-state index in [1.165, 1.54) is 54.4 Å². The van der Waals surface area contributed by atoms with Gasteiger partial charge in [0.1, 0.15) is 11.6 Å². The van der Waals surface area contributed by atoms with Gasteiger partial charge in [0.15, 0.2) is 0 Å². The molecular weight excluding hydrogens is 473 g/mol. The van der Waals surface area contributed by atoms with Crippen molar-refractivity contribution in [1.82, 2.24) is 10.3 Å². The topological polar surface area (TPSA) is 39.9 Å². The van der Waals surface area contributed by atoms with Gasteiger partial charge in [0.25, 0.3) is 0 Å². The number of aromatic amines is 1. The van der Waals surface area contributed by atoms with Gasteiger partial charge in [-0.15, -0.1) is 0 Å². The highest BCUT2D eigenvalue weighted by Gasteiger charge is 2.22. The van der Waals surface area contributed by atoms with E-state index < -0.39 is 24.2 Å². The molecule has 2 aromatic carbocycles. The highest BCUT2D eigenvalue weighted by atomic mass is 19.4. The number of aryl methyl sites for hydroxylation is 1. The summed E-state index contributed by atoms with van der Waals surface area (Å²) in [6.07, 6.45) is 0.220. The standard InChI is InChI=1S/C16H23N.C9H10F2N2.C3H5F3/c1-4-5-9-16-14(11-12(2)3)13-8-6-7-10-15(13)17-16;10-6-1-7(11)3-8(2-6)13-9-4-12-5-9;1-2-3(4,5)6/h6-8,10,12,17H,4-5,9,11H2,1-3H3;1-3,9,12-13H,4-5H2;2H2,1H3. The van der Waals surface area contributed by atoms with Gasteiger partial charge in [-0.05, 0) is 48.9 Å².